The number of carboxylic acids is 2. The van der Waals surface area contributed by atoms with Crippen LogP contribution in [0.1, 0.15) is 59.0 Å². The molecule has 10 rings (SSSR count). The third kappa shape index (κ3) is 21.9. The van der Waals surface area contributed by atoms with Gasteiger partial charge in [-0.2, -0.15) is 0 Å². The number of nitrogens with zero attached hydrogens (tertiary/aromatic N) is 3. The number of carboxylic acid groups (broad SMARTS) is 2. The van der Waals surface area contributed by atoms with E-state index in [9.17, 15) is 45.7 Å². The summed E-state index contributed by atoms with van der Waals surface area (Å²) in [6.07, 6.45) is -4.37. The number of hydrogen-bond donors (Lipinski definition) is 7. The number of rotatable bonds is 14. The average molecular weight is 1340 g/mol. The lowest BCUT2D eigenvalue weighted by Gasteiger charge is -2.21. The fourth-order valence-electron chi connectivity index (χ4n) is 8.64. The summed E-state index contributed by atoms with van der Waals surface area (Å²) in [5.41, 5.74) is 12.3. The Balaban J connectivity index is 0.000000199. The summed E-state index contributed by atoms with van der Waals surface area (Å²) >= 11 is 17.1. The number of aryl methyl sites for hydroxylation is 2. The van der Waals surface area contributed by atoms with Crippen LogP contribution in [0.3, 0.4) is 0 Å². The summed E-state index contributed by atoms with van der Waals surface area (Å²) in [6, 6.07) is 54.7. The molecule has 8 aromatic rings. The number of aliphatic hydroxyl groups is 1. The minimum atomic E-state index is -3.32. The third-order valence-corrected chi connectivity index (χ3v) is 17.5. The lowest BCUT2D eigenvalue weighted by atomic mass is 10.1. The molecule has 3 amide bonds. The van der Waals surface area contributed by atoms with Gasteiger partial charge in [0.2, 0.25) is 32.3 Å². The van der Waals surface area contributed by atoms with Crippen molar-refractivity contribution in [2.75, 3.05) is 54.9 Å². The lowest BCUT2D eigenvalue weighted by molar-refractivity contribution is -0.147. The van der Waals surface area contributed by atoms with Gasteiger partial charge in [-0.3, -0.25) is 24.0 Å². The Morgan fingerprint density at radius 3 is 1.27 bits per heavy atom. The lowest BCUT2D eigenvalue weighted by Crippen LogP contribution is -2.28. The number of aliphatic carboxylic acids is 2. The normalized spacial score (nSPS) is 14.1. The van der Waals surface area contributed by atoms with Crippen molar-refractivity contribution in [2.24, 2.45) is 5.18 Å². The molecule has 2 saturated heterocycles. The molecule has 2 heterocycles. The quantitative estimate of drug-likeness (QED) is 0.0393. The zero-order valence-corrected chi connectivity index (χ0v) is 52.5. The first kappa shape index (κ1) is 70.5. The molecule has 0 aromatic heterocycles. The molecular formula is C64H62Cl3N7O15S2. The number of ether oxygens (including phenoxy) is 2. The Hall–Kier alpha value is -9.56. The van der Waals surface area contributed by atoms with Gasteiger partial charge in [-0.1, -0.05) is 126 Å². The Labute approximate surface area is 540 Å². The topological polar surface area (TPSA) is 331 Å². The molecule has 0 bridgehead atoms. The SMILES string of the molecule is Cc1cc(N)ccc1N1CCCS1(=O)=O.Cc1cc(NC(=O)C(OC(=O)Nc2ccc(Cl)cc2)c2ccccc2)ccc1N1CCCS1(=O)=O.O=C(Nc1ccc(Cl)cc1)OC(C(=O)O)c1ccccc1.O=C(O)C(O)c1ccccc1.O=Nc1ccc(Cl)cc1. The minimum Gasteiger partial charge on any atom is -0.479 e. The van der Waals surface area contributed by atoms with E-state index >= 15 is 0 Å². The van der Waals surface area contributed by atoms with Gasteiger partial charge in [0.05, 0.1) is 22.9 Å². The molecule has 27 heteroatoms. The van der Waals surface area contributed by atoms with Gasteiger partial charge in [-0.25, -0.2) is 36.0 Å². The molecule has 8 aromatic carbocycles. The van der Waals surface area contributed by atoms with Crippen LogP contribution in [-0.2, 0) is 43.9 Å². The van der Waals surface area contributed by atoms with Crippen LogP contribution in [0.15, 0.2) is 205 Å². The van der Waals surface area contributed by atoms with Crippen molar-refractivity contribution in [3.8, 4) is 0 Å². The molecule has 2 fully saturated rings. The van der Waals surface area contributed by atoms with Gasteiger partial charge in [0.25, 0.3) is 5.91 Å². The van der Waals surface area contributed by atoms with E-state index in [-0.39, 0.29) is 11.5 Å². The van der Waals surface area contributed by atoms with E-state index in [0.717, 1.165) is 11.3 Å². The first-order valence-electron chi connectivity index (χ1n) is 27.5. The Kier molecular flexibility index (Phi) is 26.2. The van der Waals surface area contributed by atoms with Crippen molar-refractivity contribution < 1.29 is 65.6 Å². The predicted octanol–water partition coefficient (Wildman–Crippen LogP) is 13.5. The molecule has 0 spiro atoms. The fourth-order valence-corrected chi connectivity index (χ4v) is 12.3. The number of benzene rings is 8. The Morgan fingerprint density at radius 2 is 0.890 bits per heavy atom. The van der Waals surface area contributed by atoms with Crippen LogP contribution in [0, 0.1) is 18.8 Å². The van der Waals surface area contributed by atoms with Crippen LogP contribution in [0.4, 0.5) is 49.4 Å². The number of anilines is 6. The summed E-state index contributed by atoms with van der Waals surface area (Å²) in [6.45, 7) is 4.66. The first-order valence-corrected chi connectivity index (χ1v) is 31.8. The number of nitrogens with one attached hydrogen (secondary N) is 3. The minimum absolute atomic E-state index is 0.124. The second-order valence-electron chi connectivity index (χ2n) is 19.7. The number of nitrogen functional groups attached to an aromatic ring is 1. The second kappa shape index (κ2) is 33.9. The van der Waals surface area contributed by atoms with Gasteiger partial charge < -0.3 is 35.8 Å². The first-order chi connectivity index (χ1) is 43.3. The van der Waals surface area contributed by atoms with E-state index in [2.05, 4.69) is 21.1 Å². The zero-order valence-electron chi connectivity index (χ0n) is 48.6. The molecule has 3 atom stereocenters. The number of nitrogens with two attached hydrogens (primary N) is 1. The smallest absolute Gasteiger partial charge is 0.412 e. The highest BCUT2D eigenvalue weighted by Crippen LogP contribution is 2.32. The van der Waals surface area contributed by atoms with Crippen LogP contribution in [0.5, 0.6) is 0 Å². The number of amides is 3. The maximum atomic E-state index is 13.2. The maximum absolute atomic E-state index is 13.2. The van der Waals surface area contributed by atoms with Crippen molar-refractivity contribution in [1.29, 1.82) is 0 Å². The maximum Gasteiger partial charge on any atom is 0.412 e. The van der Waals surface area contributed by atoms with Crippen molar-refractivity contribution in [3.63, 3.8) is 0 Å². The monoisotopic (exact) mass is 1340 g/mol. The Bertz CT molecular complexity index is 4000. The molecule has 8 N–H and O–H groups in total. The van der Waals surface area contributed by atoms with Gasteiger partial charge >= 0.3 is 24.1 Å². The van der Waals surface area contributed by atoms with Crippen molar-refractivity contribution in [3.05, 3.63) is 248 Å². The van der Waals surface area contributed by atoms with Gasteiger partial charge in [-0.15, -0.1) is 4.91 Å². The second-order valence-corrected chi connectivity index (χ2v) is 25.1. The van der Waals surface area contributed by atoms with E-state index in [1.807, 2.05) is 6.92 Å². The number of hydrogen-bond acceptors (Lipinski definition) is 15. The zero-order chi connectivity index (χ0) is 66.3. The fraction of sp³-hybridized carbons (Fsp3) is 0.172. The number of carbonyl (C=O) groups is 5. The van der Waals surface area contributed by atoms with Crippen LogP contribution >= 0.6 is 34.8 Å². The van der Waals surface area contributed by atoms with E-state index in [1.54, 1.807) is 207 Å². The molecule has 0 saturated carbocycles. The number of aliphatic hydroxyl groups excluding tert-OH is 1. The summed E-state index contributed by atoms with van der Waals surface area (Å²) in [5, 5.41) is 38.7. The summed E-state index contributed by atoms with van der Waals surface area (Å²) in [4.78, 5) is 68.7. The number of sulfonamides is 2. The van der Waals surface area contributed by atoms with Gasteiger partial charge in [0.15, 0.2) is 6.10 Å². The molecule has 3 unspecified atom stereocenters. The third-order valence-electron chi connectivity index (χ3n) is 13.0. The van der Waals surface area contributed by atoms with Gasteiger partial charge in [0, 0.05) is 62.0 Å². The van der Waals surface area contributed by atoms with E-state index < -0.39 is 68.4 Å². The molecule has 91 heavy (non-hydrogen) atoms. The van der Waals surface area contributed by atoms with Gasteiger partial charge in [0.1, 0.15) is 5.69 Å². The van der Waals surface area contributed by atoms with E-state index in [1.165, 1.54) is 8.61 Å². The molecule has 22 nitrogen and oxygen atoms in total. The van der Waals surface area contributed by atoms with Crippen LogP contribution in [0.2, 0.25) is 15.1 Å². The molecular weight excluding hydrogens is 1280 g/mol. The van der Waals surface area contributed by atoms with Gasteiger partial charge in [-0.05, 0) is 158 Å². The molecule has 476 valence electrons. The van der Waals surface area contributed by atoms with E-state index in [0.29, 0.717) is 97.4 Å². The molecule has 2 aliphatic heterocycles. The van der Waals surface area contributed by atoms with E-state index in [4.69, 9.17) is 65.3 Å². The number of halogens is 3. The summed E-state index contributed by atoms with van der Waals surface area (Å²) in [5.74, 6) is -2.65. The summed E-state index contributed by atoms with van der Waals surface area (Å²) in [7, 11) is -6.40. The highest BCUT2D eigenvalue weighted by molar-refractivity contribution is 7.93. The van der Waals surface area contributed by atoms with Crippen molar-refractivity contribution in [1.82, 2.24) is 0 Å². The molecule has 0 radical (unpaired) electrons. The standard InChI is InChI=1S/C25H24ClN3O5S.C15H12ClNO4.C10H14N2O2S.C8H8O3.C6H4ClNO/c1-17-16-21(12-13-22(17)29-14-5-15-35(29,32)33)27-24(30)23(18-6-3-2-4-7-18)34-25(31)28-20-10-8-19(26)9-11-20;16-11-6-8-12(9-7-11)17-15(20)21-13(14(18)19)10-4-2-1-3-5-10;1-8-7-9(11)3-4-10(8)12-5-2-6-15(12,13)14;9-7(8(10)11)6-4-2-1-3-5-6;7-5-1-3-6(8-9)4-2-5/h2-4,6-13,16,23H,5,14-15H2,1H3,(H,27,30)(H,28,31);1-9,13H,(H,17,20)(H,18,19);3-4,7H,2,5-6,11H2,1H3;1-5,7,9H,(H,10,11);1-4H. The van der Waals surface area contributed by atoms with Crippen molar-refractivity contribution >= 4 is 125 Å². The van der Waals surface area contributed by atoms with Crippen LogP contribution in [0.25, 0.3) is 0 Å². The average Bonchev–Trinajstić information content (AvgIpc) is 1.79. The highest BCUT2D eigenvalue weighted by Gasteiger charge is 2.32. The highest BCUT2D eigenvalue weighted by atomic mass is 35.5. The Morgan fingerprint density at radius 1 is 0.505 bits per heavy atom. The molecule has 2 aliphatic rings. The predicted molar refractivity (Wildman–Crippen MR) is 352 cm³/mol. The largest absolute Gasteiger partial charge is 0.479 e. The number of carbonyl (C=O) groups excluding carboxylic acids is 3. The summed E-state index contributed by atoms with van der Waals surface area (Å²) < 4.78 is 61.2. The van der Waals surface area contributed by atoms with Crippen LogP contribution < -0.4 is 30.3 Å². The van der Waals surface area contributed by atoms with Crippen LogP contribution in [-0.4, -0.2) is 86.8 Å². The van der Waals surface area contributed by atoms with Crippen molar-refractivity contribution in [2.45, 2.75) is 45.0 Å². The number of nitroso groups, excluding NO2 is 1. The molecule has 0 aliphatic carbocycles.